The fraction of sp³-hybridized carbons (Fsp3) is 0.133. The highest BCUT2D eigenvalue weighted by atomic mass is 32.2. The summed E-state index contributed by atoms with van der Waals surface area (Å²) >= 11 is 6.66. The van der Waals surface area contributed by atoms with Crippen molar-refractivity contribution in [3.8, 4) is 11.5 Å². The Morgan fingerprint density at radius 3 is 2.58 bits per heavy atom. The normalized spacial score (nSPS) is 10.2. The molecule has 0 aliphatic carbocycles. The molecule has 0 radical (unpaired) electrons. The molecule has 0 aliphatic heterocycles. The molecule has 0 spiro atoms. The molecule has 0 bridgehead atoms. The molecule has 0 aliphatic rings. The largest absolute Gasteiger partial charge is 0.456 e. The molecule has 2 aromatic carbocycles. The number of hydrogen-bond acceptors (Lipinski definition) is 3. The predicted molar refractivity (Wildman–Crippen MR) is 85.4 cm³/mol. The highest BCUT2D eigenvalue weighted by molar-refractivity contribution is 7.98. The summed E-state index contributed by atoms with van der Waals surface area (Å²) in [5.74, 6) is 1.65. The van der Waals surface area contributed by atoms with Crippen molar-refractivity contribution in [3.63, 3.8) is 0 Å². The van der Waals surface area contributed by atoms with Crippen LogP contribution < -0.4 is 10.5 Å². The van der Waals surface area contributed by atoms with Crippen LogP contribution in [0.15, 0.2) is 47.4 Å². The highest BCUT2D eigenvalue weighted by Gasteiger charge is 2.06. The van der Waals surface area contributed by atoms with Crippen molar-refractivity contribution in [1.82, 2.24) is 0 Å². The van der Waals surface area contributed by atoms with Gasteiger partial charge in [0.25, 0.3) is 0 Å². The van der Waals surface area contributed by atoms with E-state index in [0.717, 1.165) is 27.5 Å². The van der Waals surface area contributed by atoms with Gasteiger partial charge in [-0.2, -0.15) is 0 Å². The Morgan fingerprint density at radius 1 is 1.21 bits per heavy atom. The van der Waals surface area contributed by atoms with E-state index in [1.54, 1.807) is 11.8 Å². The molecule has 0 heterocycles. The molecule has 0 amide bonds. The zero-order valence-electron chi connectivity index (χ0n) is 10.8. The van der Waals surface area contributed by atoms with E-state index < -0.39 is 0 Å². The van der Waals surface area contributed by atoms with Gasteiger partial charge in [-0.05, 0) is 49.1 Å². The van der Waals surface area contributed by atoms with Crippen molar-refractivity contribution in [1.29, 1.82) is 0 Å². The van der Waals surface area contributed by atoms with Gasteiger partial charge in [0.1, 0.15) is 16.5 Å². The number of ether oxygens (including phenoxy) is 1. The fourth-order valence-corrected chi connectivity index (χ4v) is 2.56. The summed E-state index contributed by atoms with van der Waals surface area (Å²) in [6.07, 6.45) is 2.03. The molecular weight excluding hydrogens is 274 g/mol. The standard InChI is InChI=1S/C15H15NOS2/c1-10-9-11(7-8-12(10)15(16)18)17-13-5-3-4-6-14(13)19-2/h3-9H,1-2H3,(H2,16,18). The lowest BCUT2D eigenvalue weighted by molar-refractivity contribution is 0.471. The number of benzene rings is 2. The molecule has 2 N–H and O–H groups in total. The first-order valence-corrected chi connectivity index (χ1v) is 7.46. The lowest BCUT2D eigenvalue weighted by Crippen LogP contribution is -2.10. The molecule has 0 saturated heterocycles. The molecule has 2 rings (SSSR count). The van der Waals surface area contributed by atoms with Crippen molar-refractivity contribution >= 4 is 29.0 Å². The molecule has 0 saturated carbocycles. The quantitative estimate of drug-likeness (QED) is 0.677. The topological polar surface area (TPSA) is 35.2 Å². The van der Waals surface area contributed by atoms with E-state index in [1.165, 1.54) is 0 Å². The number of rotatable bonds is 4. The van der Waals surface area contributed by atoms with Crippen molar-refractivity contribution in [2.75, 3.05) is 6.26 Å². The van der Waals surface area contributed by atoms with E-state index in [0.29, 0.717) is 4.99 Å². The number of nitrogens with two attached hydrogens (primary N) is 1. The molecule has 98 valence electrons. The lowest BCUT2D eigenvalue weighted by Gasteiger charge is -2.11. The number of thiocarbonyl (C=S) groups is 1. The zero-order valence-corrected chi connectivity index (χ0v) is 12.5. The van der Waals surface area contributed by atoms with E-state index >= 15 is 0 Å². The molecule has 2 aromatic rings. The second-order valence-electron chi connectivity index (χ2n) is 4.09. The number of para-hydroxylation sites is 1. The zero-order chi connectivity index (χ0) is 13.8. The van der Waals surface area contributed by atoms with Crippen LogP contribution in [-0.2, 0) is 0 Å². The minimum atomic E-state index is 0.411. The van der Waals surface area contributed by atoms with Gasteiger partial charge < -0.3 is 10.5 Å². The molecule has 0 unspecified atom stereocenters. The van der Waals surface area contributed by atoms with Gasteiger partial charge >= 0.3 is 0 Å². The Hall–Kier alpha value is -1.52. The Labute approximate surface area is 123 Å². The predicted octanol–water partition coefficient (Wildman–Crippen LogP) is 4.14. The highest BCUT2D eigenvalue weighted by Crippen LogP contribution is 2.31. The van der Waals surface area contributed by atoms with E-state index in [-0.39, 0.29) is 0 Å². The van der Waals surface area contributed by atoms with Gasteiger partial charge in [-0.1, -0.05) is 24.4 Å². The minimum Gasteiger partial charge on any atom is -0.456 e. The van der Waals surface area contributed by atoms with Gasteiger partial charge in [-0.25, -0.2) is 0 Å². The smallest absolute Gasteiger partial charge is 0.140 e. The molecular formula is C15H15NOS2. The molecule has 0 aromatic heterocycles. The third-order valence-electron chi connectivity index (χ3n) is 2.76. The number of aryl methyl sites for hydroxylation is 1. The Balaban J connectivity index is 2.29. The molecule has 19 heavy (non-hydrogen) atoms. The molecule has 0 atom stereocenters. The van der Waals surface area contributed by atoms with Crippen LogP contribution in [0.4, 0.5) is 0 Å². The van der Waals surface area contributed by atoms with E-state index in [2.05, 4.69) is 0 Å². The maximum atomic E-state index is 5.91. The summed E-state index contributed by atoms with van der Waals surface area (Å²) in [6, 6.07) is 13.7. The number of hydrogen-bond donors (Lipinski definition) is 1. The van der Waals surface area contributed by atoms with Crippen molar-refractivity contribution < 1.29 is 4.74 Å². The molecule has 2 nitrogen and oxygen atoms in total. The van der Waals surface area contributed by atoms with Crippen LogP contribution in [0.1, 0.15) is 11.1 Å². The van der Waals surface area contributed by atoms with Crippen LogP contribution in [0.2, 0.25) is 0 Å². The summed E-state index contributed by atoms with van der Waals surface area (Å²) < 4.78 is 5.91. The molecule has 0 fully saturated rings. The fourth-order valence-electron chi connectivity index (χ4n) is 1.81. The van der Waals surface area contributed by atoms with Crippen molar-refractivity contribution in [3.05, 3.63) is 53.6 Å². The van der Waals surface area contributed by atoms with Gasteiger partial charge in [0.05, 0.1) is 0 Å². The lowest BCUT2D eigenvalue weighted by atomic mass is 10.1. The maximum absolute atomic E-state index is 5.91. The first-order chi connectivity index (χ1) is 9.11. The van der Waals surface area contributed by atoms with E-state index in [4.69, 9.17) is 22.7 Å². The average Bonchev–Trinajstić information content (AvgIpc) is 2.39. The SMILES string of the molecule is CSc1ccccc1Oc1ccc(C(N)=S)c(C)c1. The number of thioether (sulfide) groups is 1. The van der Waals surface area contributed by atoms with Crippen LogP contribution in [0.3, 0.4) is 0 Å². The third kappa shape index (κ3) is 3.28. The van der Waals surface area contributed by atoms with Crippen LogP contribution in [0.5, 0.6) is 11.5 Å². The average molecular weight is 289 g/mol. The summed E-state index contributed by atoms with van der Waals surface area (Å²) in [5.41, 5.74) is 7.56. The van der Waals surface area contributed by atoms with Crippen LogP contribution in [0.25, 0.3) is 0 Å². The van der Waals surface area contributed by atoms with Gasteiger partial charge in [0.15, 0.2) is 0 Å². The van der Waals surface area contributed by atoms with Crippen LogP contribution in [-0.4, -0.2) is 11.2 Å². The van der Waals surface area contributed by atoms with Crippen molar-refractivity contribution in [2.45, 2.75) is 11.8 Å². The first kappa shape index (κ1) is 13.9. The van der Waals surface area contributed by atoms with Gasteiger partial charge in [0.2, 0.25) is 0 Å². The Kier molecular flexibility index (Phi) is 4.45. The van der Waals surface area contributed by atoms with E-state index in [9.17, 15) is 0 Å². The van der Waals surface area contributed by atoms with Crippen molar-refractivity contribution in [2.24, 2.45) is 5.73 Å². The Bertz CT molecular complexity index is 611. The monoisotopic (exact) mass is 289 g/mol. The van der Waals surface area contributed by atoms with Gasteiger partial charge in [0, 0.05) is 10.5 Å². The second kappa shape index (κ2) is 6.08. The summed E-state index contributed by atoms with van der Waals surface area (Å²) in [6.45, 7) is 1.97. The second-order valence-corrected chi connectivity index (χ2v) is 5.38. The van der Waals surface area contributed by atoms with Crippen LogP contribution in [0, 0.1) is 6.92 Å². The maximum Gasteiger partial charge on any atom is 0.140 e. The Morgan fingerprint density at radius 2 is 1.95 bits per heavy atom. The summed E-state index contributed by atoms with van der Waals surface area (Å²) in [7, 11) is 0. The minimum absolute atomic E-state index is 0.411. The van der Waals surface area contributed by atoms with E-state index in [1.807, 2.05) is 55.6 Å². The molecule has 4 heteroatoms. The summed E-state index contributed by atoms with van der Waals surface area (Å²) in [5, 5.41) is 0. The first-order valence-electron chi connectivity index (χ1n) is 5.83. The summed E-state index contributed by atoms with van der Waals surface area (Å²) in [4.78, 5) is 1.52. The van der Waals surface area contributed by atoms with Gasteiger partial charge in [-0.15, -0.1) is 11.8 Å². The van der Waals surface area contributed by atoms with Gasteiger partial charge in [-0.3, -0.25) is 0 Å². The third-order valence-corrected chi connectivity index (χ3v) is 3.76. The van der Waals surface area contributed by atoms with Crippen LogP contribution >= 0.6 is 24.0 Å².